The number of hydrogen-bond donors (Lipinski definition) is 2. The van der Waals surface area contributed by atoms with E-state index < -0.39 is 17.8 Å². The molecule has 6 heteroatoms. The monoisotopic (exact) mass is 263 g/mol. The lowest BCUT2D eigenvalue weighted by atomic mass is 10.0. The molecule has 0 aliphatic heterocycles. The molecule has 5 nitrogen and oxygen atoms in total. The minimum Gasteiger partial charge on any atom is -0.480 e. The second-order valence-electron chi connectivity index (χ2n) is 4.58. The van der Waals surface area contributed by atoms with Crippen molar-refractivity contribution in [1.29, 1.82) is 0 Å². The van der Waals surface area contributed by atoms with Crippen molar-refractivity contribution in [2.75, 3.05) is 5.32 Å². The van der Waals surface area contributed by atoms with Crippen molar-refractivity contribution in [2.24, 2.45) is 5.92 Å². The van der Waals surface area contributed by atoms with E-state index in [1.807, 2.05) is 13.8 Å². The molecule has 0 aliphatic rings. The molecular formula is C13H14FN3O2. The normalized spacial score (nSPS) is 12.6. The van der Waals surface area contributed by atoms with Gasteiger partial charge in [0.25, 0.3) is 0 Å². The minimum absolute atomic E-state index is 0.0961. The molecule has 0 amide bonds. The number of nitrogens with zero attached hydrogens (tertiary/aromatic N) is 2. The zero-order chi connectivity index (χ0) is 14.0. The highest BCUT2D eigenvalue weighted by Gasteiger charge is 2.22. The summed E-state index contributed by atoms with van der Waals surface area (Å²) in [6.45, 7) is 3.62. The number of nitrogens with one attached hydrogen (secondary N) is 1. The second kappa shape index (κ2) is 5.17. The highest BCUT2D eigenvalue weighted by Crippen LogP contribution is 2.21. The summed E-state index contributed by atoms with van der Waals surface area (Å²) in [5.74, 6) is -1.51. The standard InChI is InChI=1S/C13H14FN3O2/c1-7(2)11(13(18)19)17-9-3-4-15-10-5-8(14)6-16-12(9)10/h3-7,11H,1-2H3,(H,15,17)(H,18,19)/t11-/m1/s1. The molecule has 1 atom stereocenters. The maximum Gasteiger partial charge on any atom is 0.326 e. The number of rotatable bonds is 4. The number of pyridine rings is 2. The van der Waals surface area contributed by atoms with Crippen LogP contribution in [0.5, 0.6) is 0 Å². The molecule has 0 aliphatic carbocycles. The van der Waals surface area contributed by atoms with Crippen molar-refractivity contribution in [1.82, 2.24) is 9.97 Å². The molecule has 100 valence electrons. The summed E-state index contributed by atoms with van der Waals surface area (Å²) in [5.41, 5.74) is 1.37. The Labute approximate surface area is 109 Å². The van der Waals surface area contributed by atoms with Crippen LogP contribution in [0.3, 0.4) is 0 Å². The number of fused-ring (bicyclic) bond motifs is 1. The third-order valence-electron chi connectivity index (χ3n) is 2.79. The molecule has 0 unspecified atom stereocenters. The molecule has 19 heavy (non-hydrogen) atoms. The molecule has 0 bridgehead atoms. The number of halogens is 1. The first-order chi connectivity index (χ1) is 8.99. The molecule has 2 aromatic heterocycles. The number of carbonyl (C=O) groups is 1. The summed E-state index contributed by atoms with van der Waals surface area (Å²) in [6, 6.07) is 2.15. The summed E-state index contributed by atoms with van der Waals surface area (Å²) in [5, 5.41) is 12.1. The van der Waals surface area contributed by atoms with E-state index in [2.05, 4.69) is 15.3 Å². The Morgan fingerprint density at radius 2 is 2.16 bits per heavy atom. The van der Waals surface area contributed by atoms with E-state index in [-0.39, 0.29) is 5.92 Å². The Morgan fingerprint density at radius 3 is 2.79 bits per heavy atom. The van der Waals surface area contributed by atoms with E-state index in [9.17, 15) is 9.18 Å². The van der Waals surface area contributed by atoms with E-state index >= 15 is 0 Å². The van der Waals surface area contributed by atoms with E-state index in [0.29, 0.717) is 16.7 Å². The quantitative estimate of drug-likeness (QED) is 0.885. The van der Waals surface area contributed by atoms with E-state index in [1.54, 1.807) is 6.07 Å². The fraction of sp³-hybridized carbons (Fsp3) is 0.308. The summed E-state index contributed by atoms with van der Waals surface area (Å²) in [6.07, 6.45) is 2.57. The van der Waals surface area contributed by atoms with Gasteiger partial charge in [0.05, 0.1) is 17.4 Å². The molecule has 0 fully saturated rings. The molecule has 0 saturated heterocycles. The third-order valence-corrected chi connectivity index (χ3v) is 2.79. The zero-order valence-corrected chi connectivity index (χ0v) is 10.6. The van der Waals surface area contributed by atoms with Crippen LogP contribution in [0.2, 0.25) is 0 Å². The molecule has 0 aromatic carbocycles. The van der Waals surface area contributed by atoms with Crippen molar-refractivity contribution in [2.45, 2.75) is 19.9 Å². The maximum atomic E-state index is 13.1. The topological polar surface area (TPSA) is 75.1 Å². The van der Waals surface area contributed by atoms with Crippen LogP contribution in [0.15, 0.2) is 24.5 Å². The van der Waals surface area contributed by atoms with Gasteiger partial charge in [0.2, 0.25) is 0 Å². The first-order valence-corrected chi connectivity index (χ1v) is 5.88. The van der Waals surface area contributed by atoms with Crippen LogP contribution in [0, 0.1) is 11.7 Å². The lowest BCUT2D eigenvalue weighted by Gasteiger charge is -2.19. The average molecular weight is 263 g/mol. The lowest BCUT2D eigenvalue weighted by molar-refractivity contribution is -0.138. The number of aromatic nitrogens is 2. The SMILES string of the molecule is CC(C)[C@@H](Nc1ccnc2cc(F)cnc12)C(=O)O. The number of carboxylic acid groups (broad SMARTS) is 1. The lowest BCUT2D eigenvalue weighted by Crippen LogP contribution is -2.34. The van der Waals surface area contributed by atoms with Crippen LogP contribution in [0.4, 0.5) is 10.1 Å². The Bertz CT molecular complexity index is 616. The third kappa shape index (κ3) is 2.78. The van der Waals surface area contributed by atoms with Crippen molar-refractivity contribution >= 4 is 22.7 Å². The number of hydrogen-bond acceptors (Lipinski definition) is 4. The molecule has 2 N–H and O–H groups in total. The van der Waals surface area contributed by atoms with E-state index in [0.717, 1.165) is 6.20 Å². The van der Waals surface area contributed by atoms with Crippen LogP contribution < -0.4 is 5.32 Å². The van der Waals surface area contributed by atoms with Gasteiger partial charge in [0, 0.05) is 12.3 Å². The molecule has 0 radical (unpaired) electrons. The summed E-state index contributed by atoms with van der Waals surface area (Å²) < 4.78 is 13.1. The van der Waals surface area contributed by atoms with Crippen LogP contribution >= 0.6 is 0 Å². The Kier molecular flexibility index (Phi) is 3.59. The summed E-state index contributed by atoms with van der Waals surface area (Å²) in [7, 11) is 0. The molecular weight excluding hydrogens is 249 g/mol. The Morgan fingerprint density at radius 1 is 1.42 bits per heavy atom. The van der Waals surface area contributed by atoms with Crippen molar-refractivity contribution in [3.05, 3.63) is 30.3 Å². The van der Waals surface area contributed by atoms with Crippen molar-refractivity contribution in [3.8, 4) is 0 Å². The van der Waals surface area contributed by atoms with Crippen LogP contribution in [0.1, 0.15) is 13.8 Å². The number of anilines is 1. The van der Waals surface area contributed by atoms with Crippen LogP contribution in [-0.4, -0.2) is 27.1 Å². The first-order valence-electron chi connectivity index (χ1n) is 5.88. The fourth-order valence-electron chi connectivity index (χ4n) is 1.80. The van der Waals surface area contributed by atoms with Gasteiger partial charge in [-0.1, -0.05) is 13.8 Å². The van der Waals surface area contributed by atoms with Gasteiger partial charge in [-0.2, -0.15) is 0 Å². The van der Waals surface area contributed by atoms with Gasteiger partial charge in [-0.25, -0.2) is 14.2 Å². The predicted molar refractivity (Wildman–Crippen MR) is 69.4 cm³/mol. The minimum atomic E-state index is -0.943. The van der Waals surface area contributed by atoms with E-state index in [1.165, 1.54) is 12.3 Å². The Balaban J connectivity index is 2.42. The van der Waals surface area contributed by atoms with Crippen LogP contribution in [-0.2, 0) is 4.79 Å². The molecule has 2 rings (SSSR count). The summed E-state index contributed by atoms with van der Waals surface area (Å²) in [4.78, 5) is 19.1. The molecule has 0 saturated carbocycles. The molecule has 2 heterocycles. The number of aliphatic carboxylic acids is 1. The first kappa shape index (κ1) is 13.2. The molecule has 0 spiro atoms. The summed E-state index contributed by atoms with van der Waals surface area (Å²) >= 11 is 0. The largest absolute Gasteiger partial charge is 0.480 e. The van der Waals surface area contributed by atoms with Gasteiger partial charge < -0.3 is 10.4 Å². The average Bonchev–Trinajstić information content (AvgIpc) is 2.34. The van der Waals surface area contributed by atoms with Gasteiger partial charge in [-0.3, -0.25) is 4.98 Å². The highest BCUT2D eigenvalue weighted by atomic mass is 19.1. The fourth-order valence-corrected chi connectivity index (χ4v) is 1.80. The second-order valence-corrected chi connectivity index (χ2v) is 4.58. The zero-order valence-electron chi connectivity index (χ0n) is 10.6. The van der Waals surface area contributed by atoms with Crippen LogP contribution in [0.25, 0.3) is 11.0 Å². The van der Waals surface area contributed by atoms with Gasteiger partial charge in [-0.05, 0) is 12.0 Å². The Hall–Kier alpha value is -2.24. The highest BCUT2D eigenvalue weighted by molar-refractivity contribution is 5.89. The van der Waals surface area contributed by atoms with Gasteiger partial charge in [0.1, 0.15) is 17.4 Å². The van der Waals surface area contributed by atoms with Crippen molar-refractivity contribution < 1.29 is 14.3 Å². The predicted octanol–water partition coefficient (Wildman–Crippen LogP) is 2.29. The smallest absolute Gasteiger partial charge is 0.326 e. The van der Waals surface area contributed by atoms with Gasteiger partial charge in [-0.15, -0.1) is 0 Å². The maximum absolute atomic E-state index is 13.1. The number of carboxylic acids is 1. The van der Waals surface area contributed by atoms with Gasteiger partial charge >= 0.3 is 5.97 Å². The van der Waals surface area contributed by atoms with Crippen molar-refractivity contribution in [3.63, 3.8) is 0 Å². The molecule has 2 aromatic rings. The van der Waals surface area contributed by atoms with Gasteiger partial charge in [0.15, 0.2) is 0 Å². The van der Waals surface area contributed by atoms with E-state index in [4.69, 9.17) is 5.11 Å².